The van der Waals surface area contributed by atoms with Gasteiger partial charge >= 0.3 is 0 Å². The molecule has 4 heteroatoms. The summed E-state index contributed by atoms with van der Waals surface area (Å²) in [6, 6.07) is 5.96. The molecule has 0 aromatic heterocycles. The number of hydrogen-bond acceptors (Lipinski definition) is 3. The van der Waals surface area contributed by atoms with Crippen molar-refractivity contribution in [3.05, 3.63) is 34.9 Å². The molecule has 1 aliphatic rings. The SMILES string of the molecule is [2H]C1([2H])CC(N)(c2ccccc2Cl)C(=O)C([2H])(O)C1([2H])[2H]. The lowest BCUT2D eigenvalue weighted by Gasteiger charge is -2.35. The Morgan fingerprint density at radius 1 is 1.62 bits per heavy atom. The summed E-state index contributed by atoms with van der Waals surface area (Å²) in [5.74, 6) is -1.32. The van der Waals surface area contributed by atoms with Gasteiger partial charge in [0.15, 0.2) is 5.78 Å². The van der Waals surface area contributed by atoms with E-state index in [4.69, 9.17) is 24.2 Å². The third kappa shape index (κ3) is 1.75. The van der Waals surface area contributed by atoms with Gasteiger partial charge < -0.3 is 10.8 Å². The van der Waals surface area contributed by atoms with Gasteiger partial charge in [-0.1, -0.05) is 29.8 Å². The molecule has 1 fully saturated rings. The summed E-state index contributed by atoms with van der Waals surface area (Å²) in [5.41, 5.74) is 3.95. The number of nitrogens with two attached hydrogens (primary N) is 1. The molecule has 0 spiro atoms. The molecule has 3 N–H and O–H groups in total. The Morgan fingerprint density at radius 3 is 3.00 bits per heavy atom. The average Bonchev–Trinajstić information content (AvgIpc) is 2.35. The number of hydrogen-bond donors (Lipinski definition) is 2. The van der Waals surface area contributed by atoms with Crippen molar-refractivity contribution in [1.82, 2.24) is 0 Å². The third-order valence-corrected chi connectivity index (χ3v) is 2.88. The van der Waals surface area contributed by atoms with E-state index in [1.54, 1.807) is 6.07 Å². The molecule has 0 bridgehead atoms. The lowest BCUT2D eigenvalue weighted by molar-refractivity contribution is -0.136. The van der Waals surface area contributed by atoms with Crippen molar-refractivity contribution in [3.8, 4) is 0 Å². The van der Waals surface area contributed by atoms with E-state index in [9.17, 15) is 9.90 Å². The zero-order valence-corrected chi connectivity index (χ0v) is 9.08. The predicted molar refractivity (Wildman–Crippen MR) is 62.2 cm³/mol. The largest absolute Gasteiger partial charge is 0.385 e. The van der Waals surface area contributed by atoms with Gasteiger partial charge in [0.2, 0.25) is 0 Å². The molecule has 2 rings (SSSR count). The molecule has 1 aromatic rings. The van der Waals surface area contributed by atoms with Crippen LogP contribution in [0.1, 0.15) is 31.6 Å². The topological polar surface area (TPSA) is 63.3 Å². The number of carbonyl (C=O) groups excluding carboxylic acids is 1. The van der Waals surface area contributed by atoms with E-state index in [0.717, 1.165) is 0 Å². The van der Waals surface area contributed by atoms with Gasteiger partial charge in [-0.3, -0.25) is 4.79 Å². The summed E-state index contributed by atoms with van der Waals surface area (Å²) in [4.78, 5) is 12.4. The van der Waals surface area contributed by atoms with Crippen molar-refractivity contribution >= 4 is 17.4 Å². The first-order valence-electron chi connectivity index (χ1n) is 7.19. The summed E-state index contributed by atoms with van der Waals surface area (Å²) in [7, 11) is 0. The van der Waals surface area contributed by atoms with Crippen LogP contribution in [0.5, 0.6) is 0 Å². The van der Waals surface area contributed by atoms with Crippen molar-refractivity contribution in [3.63, 3.8) is 0 Å². The second-order valence-electron chi connectivity index (χ2n) is 3.61. The van der Waals surface area contributed by atoms with Gasteiger partial charge in [0, 0.05) is 10.5 Å². The minimum Gasteiger partial charge on any atom is -0.385 e. The fourth-order valence-corrected chi connectivity index (χ4v) is 1.96. The summed E-state index contributed by atoms with van der Waals surface area (Å²) < 4.78 is 38.4. The molecule has 1 aromatic carbocycles. The molecule has 3 nitrogen and oxygen atoms in total. The summed E-state index contributed by atoms with van der Waals surface area (Å²) >= 11 is 5.98. The van der Waals surface area contributed by atoms with Crippen LogP contribution < -0.4 is 5.73 Å². The first kappa shape index (κ1) is 6.74. The number of rotatable bonds is 1. The van der Waals surface area contributed by atoms with Crippen LogP contribution in [0.15, 0.2) is 24.3 Å². The molecular formula is C12H14ClNO2. The second kappa shape index (κ2) is 4.17. The van der Waals surface area contributed by atoms with E-state index in [1.807, 2.05) is 0 Å². The number of halogens is 1. The van der Waals surface area contributed by atoms with Crippen LogP contribution in [-0.2, 0) is 10.3 Å². The second-order valence-corrected chi connectivity index (χ2v) is 4.01. The van der Waals surface area contributed by atoms with Crippen LogP contribution in [0.4, 0.5) is 0 Å². The highest BCUT2D eigenvalue weighted by Gasteiger charge is 2.43. The Kier molecular flexibility index (Phi) is 1.76. The number of benzene rings is 1. The van der Waals surface area contributed by atoms with E-state index in [2.05, 4.69) is 0 Å². The maximum absolute atomic E-state index is 12.4. The quantitative estimate of drug-likeness (QED) is 0.789. The van der Waals surface area contributed by atoms with Gasteiger partial charge in [0.1, 0.15) is 11.6 Å². The minimum absolute atomic E-state index is 0.0571. The molecule has 1 saturated carbocycles. The number of ketones is 1. The fraction of sp³-hybridized carbons (Fsp3) is 0.417. The maximum Gasteiger partial charge on any atom is 0.185 e. The van der Waals surface area contributed by atoms with Crippen molar-refractivity contribution < 1.29 is 16.8 Å². The van der Waals surface area contributed by atoms with Gasteiger partial charge in [-0.2, -0.15) is 0 Å². The fourth-order valence-electron chi connectivity index (χ4n) is 1.66. The Labute approximate surface area is 106 Å². The summed E-state index contributed by atoms with van der Waals surface area (Å²) in [5, 5.41) is 10.1. The Bertz CT molecular complexity index is 607. The van der Waals surface area contributed by atoms with Crippen LogP contribution in [0.2, 0.25) is 5.02 Å². The van der Waals surface area contributed by atoms with Crippen molar-refractivity contribution in [2.24, 2.45) is 5.73 Å². The smallest absolute Gasteiger partial charge is 0.185 e. The highest BCUT2D eigenvalue weighted by molar-refractivity contribution is 6.31. The molecule has 16 heavy (non-hydrogen) atoms. The first-order chi connectivity index (χ1) is 9.38. The lowest BCUT2D eigenvalue weighted by atomic mass is 9.75. The Balaban J connectivity index is 2.67. The zero-order valence-electron chi connectivity index (χ0n) is 13.3. The molecular weight excluding hydrogens is 226 g/mol. The van der Waals surface area contributed by atoms with E-state index in [-0.39, 0.29) is 10.6 Å². The van der Waals surface area contributed by atoms with Gasteiger partial charge in [-0.05, 0) is 30.8 Å². The Hall–Kier alpha value is -0.900. The number of Topliss-reactive ketones (excluding diaryl/α,β-unsaturated/α-hetero) is 1. The maximum atomic E-state index is 12.4. The van der Waals surface area contributed by atoms with Crippen LogP contribution in [0.3, 0.4) is 0 Å². The molecule has 0 heterocycles. The predicted octanol–water partition coefficient (Wildman–Crippen LogP) is 1.61. The summed E-state index contributed by atoms with van der Waals surface area (Å²) in [6.07, 6.45) is -9.83. The summed E-state index contributed by atoms with van der Waals surface area (Å²) in [6.45, 7) is 0. The Morgan fingerprint density at radius 2 is 2.31 bits per heavy atom. The van der Waals surface area contributed by atoms with E-state index in [0.29, 0.717) is 0 Å². The van der Waals surface area contributed by atoms with Gasteiger partial charge in [-0.25, -0.2) is 0 Å². The van der Waals surface area contributed by atoms with Gasteiger partial charge in [0.25, 0.3) is 0 Å². The molecule has 0 aliphatic heterocycles. The number of aliphatic hydroxyl groups is 1. The van der Waals surface area contributed by atoms with Crippen molar-refractivity contribution in [2.45, 2.75) is 30.8 Å². The highest BCUT2D eigenvalue weighted by Crippen LogP contribution is 2.35. The molecule has 2 atom stereocenters. The molecule has 2 unspecified atom stereocenters. The van der Waals surface area contributed by atoms with Crippen LogP contribution in [0.25, 0.3) is 0 Å². The van der Waals surface area contributed by atoms with Crippen LogP contribution in [0, 0.1) is 0 Å². The zero-order chi connectivity index (χ0) is 16.3. The lowest BCUT2D eigenvalue weighted by Crippen LogP contribution is -2.52. The average molecular weight is 245 g/mol. The van der Waals surface area contributed by atoms with Crippen LogP contribution >= 0.6 is 11.6 Å². The third-order valence-electron chi connectivity index (χ3n) is 2.55. The van der Waals surface area contributed by atoms with E-state index in [1.165, 1.54) is 18.2 Å². The van der Waals surface area contributed by atoms with Crippen LogP contribution in [-0.4, -0.2) is 17.0 Å². The molecule has 1 aliphatic carbocycles. The van der Waals surface area contributed by atoms with E-state index < -0.39 is 36.6 Å². The molecule has 0 amide bonds. The number of carbonyl (C=O) groups is 1. The minimum atomic E-state index is -3.32. The molecule has 0 radical (unpaired) electrons. The monoisotopic (exact) mass is 244 g/mol. The highest BCUT2D eigenvalue weighted by atomic mass is 35.5. The molecule has 0 saturated heterocycles. The standard InChI is InChI=1S/C12H14ClNO2/c13-9-5-2-1-4-8(9)12(14)7-3-6-10(15)11(12)16/h1-2,4-5,10,15H,3,6-7,14H2/i3D2,6D2,10D. The van der Waals surface area contributed by atoms with Crippen molar-refractivity contribution in [2.75, 3.05) is 0 Å². The van der Waals surface area contributed by atoms with E-state index >= 15 is 0 Å². The van der Waals surface area contributed by atoms with Crippen molar-refractivity contribution in [1.29, 1.82) is 0 Å². The normalized spacial score (nSPS) is 45.9. The van der Waals surface area contributed by atoms with Gasteiger partial charge in [-0.15, -0.1) is 0 Å². The van der Waals surface area contributed by atoms with Gasteiger partial charge in [0.05, 0.1) is 1.37 Å². The first-order valence-corrected chi connectivity index (χ1v) is 5.07. The molecule has 86 valence electrons.